The number of benzene rings is 1. The summed E-state index contributed by atoms with van der Waals surface area (Å²) in [6.45, 7) is 1.99. The second-order valence-corrected chi connectivity index (χ2v) is 5.27. The van der Waals surface area contributed by atoms with E-state index in [1.807, 2.05) is 0 Å². The predicted molar refractivity (Wildman–Crippen MR) is 77.0 cm³/mol. The van der Waals surface area contributed by atoms with Gasteiger partial charge in [0.1, 0.15) is 18.2 Å². The van der Waals surface area contributed by atoms with E-state index >= 15 is 0 Å². The topological polar surface area (TPSA) is 29.5 Å². The summed E-state index contributed by atoms with van der Waals surface area (Å²) >= 11 is 0. The molecule has 0 bridgehead atoms. The Morgan fingerprint density at radius 1 is 1.30 bits per heavy atom. The lowest BCUT2D eigenvalue weighted by molar-refractivity contribution is 0.129. The van der Waals surface area contributed by atoms with Crippen molar-refractivity contribution in [2.45, 2.75) is 45.1 Å². The van der Waals surface area contributed by atoms with Crippen LogP contribution < -0.4 is 4.74 Å². The highest BCUT2D eigenvalue weighted by Gasteiger charge is 2.21. The minimum Gasteiger partial charge on any atom is -0.489 e. The van der Waals surface area contributed by atoms with Crippen LogP contribution in [0, 0.1) is 23.6 Å². The van der Waals surface area contributed by atoms with Crippen LogP contribution >= 0.6 is 0 Å². The third-order valence-electron chi connectivity index (χ3n) is 3.91. The van der Waals surface area contributed by atoms with Crippen molar-refractivity contribution in [1.82, 2.24) is 0 Å². The molecular weight excluding hydrogens is 255 g/mol. The second kappa shape index (κ2) is 7.31. The first-order valence-corrected chi connectivity index (χ1v) is 7.28. The molecule has 3 heteroatoms. The van der Waals surface area contributed by atoms with Crippen LogP contribution in [0.4, 0.5) is 4.39 Å². The fourth-order valence-electron chi connectivity index (χ4n) is 2.67. The SMILES string of the molecule is CCC1CCC(Oc2ccc(F)cc2C#CCO)CC1. The minimum atomic E-state index is -0.339. The first-order chi connectivity index (χ1) is 9.72. The molecule has 0 heterocycles. The zero-order chi connectivity index (χ0) is 14.4. The largest absolute Gasteiger partial charge is 0.489 e. The van der Waals surface area contributed by atoms with Gasteiger partial charge in [0.2, 0.25) is 0 Å². The summed E-state index contributed by atoms with van der Waals surface area (Å²) in [7, 11) is 0. The van der Waals surface area contributed by atoms with E-state index in [9.17, 15) is 4.39 Å². The van der Waals surface area contributed by atoms with E-state index in [4.69, 9.17) is 9.84 Å². The average Bonchev–Trinajstić information content (AvgIpc) is 2.48. The molecule has 1 aromatic rings. The number of hydrogen-bond donors (Lipinski definition) is 1. The van der Waals surface area contributed by atoms with E-state index in [1.54, 1.807) is 6.07 Å². The molecule has 20 heavy (non-hydrogen) atoms. The van der Waals surface area contributed by atoms with Gasteiger partial charge in [-0.3, -0.25) is 0 Å². The van der Waals surface area contributed by atoms with Crippen molar-refractivity contribution in [2.24, 2.45) is 5.92 Å². The van der Waals surface area contributed by atoms with Crippen molar-refractivity contribution in [1.29, 1.82) is 0 Å². The summed E-state index contributed by atoms with van der Waals surface area (Å²) in [4.78, 5) is 0. The third-order valence-corrected chi connectivity index (χ3v) is 3.91. The lowest BCUT2D eigenvalue weighted by Gasteiger charge is -2.28. The van der Waals surface area contributed by atoms with Gasteiger partial charge in [0.25, 0.3) is 0 Å². The average molecular weight is 276 g/mol. The molecule has 1 aliphatic rings. The molecule has 0 atom stereocenters. The zero-order valence-electron chi connectivity index (χ0n) is 11.9. The standard InChI is InChI=1S/C17H21FO2/c1-2-13-5-8-16(9-6-13)20-17-10-7-15(18)12-14(17)4-3-11-19/h7,10,12-13,16,19H,2,5-6,8-9,11H2,1H3. The number of hydrogen-bond acceptors (Lipinski definition) is 2. The molecule has 1 N–H and O–H groups in total. The van der Waals surface area contributed by atoms with Gasteiger partial charge in [-0.05, 0) is 49.8 Å². The van der Waals surface area contributed by atoms with Crippen LogP contribution in [0.25, 0.3) is 0 Å². The Balaban J connectivity index is 2.05. The summed E-state index contributed by atoms with van der Waals surface area (Å²) in [6.07, 6.45) is 5.90. The Morgan fingerprint density at radius 3 is 2.70 bits per heavy atom. The van der Waals surface area contributed by atoms with Gasteiger partial charge in [-0.2, -0.15) is 0 Å². The maximum Gasteiger partial charge on any atom is 0.135 e. The molecule has 1 aliphatic carbocycles. The highest BCUT2D eigenvalue weighted by atomic mass is 19.1. The first kappa shape index (κ1) is 14.9. The maximum atomic E-state index is 13.3. The van der Waals surface area contributed by atoms with Crippen LogP contribution in [0.3, 0.4) is 0 Å². The molecule has 1 aromatic carbocycles. The predicted octanol–water partition coefficient (Wildman–Crippen LogP) is 3.52. The molecule has 108 valence electrons. The van der Waals surface area contributed by atoms with Crippen molar-refractivity contribution in [3.05, 3.63) is 29.6 Å². The second-order valence-electron chi connectivity index (χ2n) is 5.27. The molecule has 0 aliphatic heterocycles. The Labute approximate surface area is 120 Å². The van der Waals surface area contributed by atoms with Crippen molar-refractivity contribution in [3.8, 4) is 17.6 Å². The van der Waals surface area contributed by atoms with Crippen LogP contribution in [-0.2, 0) is 0 Å². The fraction of sp³-hybridized carbons (Fsp3) is 0.529. The molecule has 2 nitrogen and oxygen atoms in total. The summed E-state index contributed by atoms with van der Waals surface area (Å²) in [6, 6.07) is 4.37. The highest BCUT2D eigenvalue weighted by molar-refractivity contribution is 5.46. The maximum absolute atomic E-state index is 13.3. The summed E-state index contributed by atoms with van der Waals surface area (Å²) in [5.41, 5.74) is 0.511. The van der Waals surface area contributed by atoms with Gasteiger partial charge < -0.3 is 9.84 Å². The van der Waals surface area contributed by atoms with Gasteiger partial charge >= 0.3 is 0 Å². The number of ether oxygens (including phenoxy) is 1. The molecule has 0 spiro atoms. The van der Waals surface area contributed by atoms with Crippen LogP contribution in [0.5, 0.6) is 5.75 Å². The number of rotatable bonds is 3. The summed E-state index contributed by atoms with van der Waals surface area (Å²) in [5, 5.41) is 8.76. The Hall–Kier alpha value is -1.53. The lowest BCUT2D eigenvalue weighted by Crippen LogP contribution is -2.24. The van der Waals surface area contributed by atoms with Gasteiger partial charge in [-0.1, -0.05) is 25.2 Å². The molecule has 1 fully saturated rings. The number of aliphatic hydroxyl groups excluding tert-OH is 1. The van der Waals surface area contributed by atoms with Gasteiger partial charge in [-0.15, -0.1) is 0 Å². The van der Waals surface area contributed by atoms with Crippen LogP contribution in [0.15, 0.2) is 18.2 Å². The Kier molecular flexibility index (Phi) is 5.43. The van der Waals surface area contributed by atoms with Gasteiger partial charge in [0.15, 0.2) is 0 Å². The molecule has 0 radical (unpaired) electrons. The van der Waals surface area contributed by atoms with E-state index in [2.05, 4.69) is 18.8 Å². The monoisotopic (exact) mass is 276 g/mol. The molecule has 0 aromatic heterocycles. The zero-order valence-corrected chi connectivity index (χ0v) is 11.9. The van der Waals surface area contributed by atoms with Crippen LogP contribution in [0.1, 0.15) is 44.6 Å². The normalized spacial score (nSPS) is 21.9. The van der Waals surface area contributed by atoms with Crippen molar-refractivity contribution in [3.63, 3.8) is 0 Å². The van der Waals surface area contributed by atoms with Crippen LogP contribution in [-0.4, -0.2) is 17.8 Å². The summed E-state index contributed by atoms with van der Waals surface area (Å²) in [5.74, 6) is 6.39. The smallest absolute Gasteiger partial charge is 0.135 e. The molecule has 0 unspecified atom stereocenters. The van der Waals surface area contributed by atoms with E-state index in [1.165, 1.54) is 31.4 Å². The fourth-order valence-corrected chi connectivity index (χ4v) is 2.67. The van der Waals surface area contributed by atoms with Crippen LogP contribution in [0.2, 0.25) is 0 Å². The third kappa shape index (κ3) is 3.98. The molecular formula is C17H21FO2. The molecule has 1 saturated carbocycles. The van der Waals surface area contributed by atoms with Crippen molar-refractivity contribution in [2.75, 3.05) is 6.61 Å². The first-order valence-electron chi connectivity index (χ1n) is 7.28. The highest BCUT2D eigenvalue weighted by Crippen LogP contribution is 2.30. The Morgan fingerprint density at radius 2 is 2.05 bits per heavy atom. The van der Waals surface area contributed by atoms with Gasteiger partial charge in [0.05, 0.1) is 11.7 Å². The van der Waals surface area contributed by atoms with E-state index < -0.39 is 0 Å². The van der Waals surface area contributed by atoms with Crippen molar-refractivity contribution >= 4 is 0 Å². The quantitative estimate of drug-likeness (QED) is 0.856. The van der Waals surface area contributed by atoms with E-state index in [-0.39, 0.29) is 18.5 Å². The molecule has 2 rings (SSSR count). The molecule has 0 saturated heterocycles. The summed E-state index contributed by atoms with van der Waals surface area (Å²) < 4.78 is 19.2. The Bertz CT molecular complexity index is 493. The van der Waals surface area contributed by atoms with Crippen molar-refractivity contribution < 1.29 is 14.2 Å². The number of aliphatic hydroxyl groups is 1. The molecule has 0 amide bonds. The lowest BCUT2D eigenvalue weighted by atomic mass is 9.86. The van der Waals surface area contributed by atoms with Gasteiger partial charge in [-0.25, -0.2) is 4.39 Å². The number of halogens is 1. The minimum absolute atomic E-state index is 0.193. The van der Waals surface area contributed by atoms with E-state index in [0.717, 1.165) is 18.8 Å². The van der Waals surface area contributed by atoms with E-state index in [0.29, 0.717) is 11.3 Å². The van der Waals surface area contributed by atoms with Gasteiger partial charge in [0, 0.05) is 0 Å².